The van der Waals surface area contributed by atoms with E-state index in [9.17, 15) is 9.90 Å². The van der Waals surface area contributed by atoms with E-state index in [2.05, 4.69) is 5.32 Å². The Hall–Kier alpha value is -2.13. The highest BCUT2D eigenvalue weighted by Gasteiger charge is 2.45. The molecule has 3 heteroatoms. The quantitative estimate of drug-likeness (QED) is 0.876. The summed E-state index contributed by atoms with van der Waals surface area (Å²) in [5.41, 5.74) is 1.48. The van der Waals surface area contributed by atoms with E-state index in [0.29, 0.717) is 12.8 Å². The van der Waals surface area contributed by atoms with Gasteiger partial charge in [0, 0.05) is 6.42 Å². The minimum Gasteiger partial charge on any atom is -0.372 e. The topological polar surface area (TPSA) is 49.3 Å². The van der Waals surface area contributed by atoms with Crippen molar-refractivity contribution in [2.45, 2.75) is 24.5 Å². The minimum atomic E-state index is -0.909. The second-order valence-corrected chi connectivity index (χ2v) is 5.17. The summed E-state index contributed by atoms with van der Waals surface area (Å²) in [6.07, 6.45) is 0.114. The molecule has 1 unspecified atom stereocenters. The zero-order valence-electron chi connectivity index (χ0n) is 11.1. The molecule has 2 aromatic rings. The molecule has 1 aliphatic rings. The molecule has 0 aliphatic carbocycles. The lowest BCUT2D eigenvalue weighted by molar-refractivity contribution is -0.129. The van der Waals surface area contributed by atoms with Gasteiger partial charge in [-0.25, -0.2) is 0 Å². The zero-order valence-corrected chi connectivity index (χ0v) is 11.1. The van der Waals surface area contributed by atoms with Crippen LogP contribution in [0.1, 0.15) is 24.0 Å². The Kier molecular flexibility index (Phi) is 3.28. The molecule has 2 N–H and O–H groups in total. The van der Waals surface area contributed by atoms with Gasteiger partial charge in [-0.3, -0.25) is 4.79 Å². The third kappa shape index (κ3) is 2.00. The summed E-state index contributed by atoms with van der Waals surface area (Å²) in [5.74, 6) is -0.0972. The molecule has 1 amide bonds. The maximum atomic E-state index is 11.6. The fourth-order valence-corrected chi connectivity index (χ4v) is 3.04. The lowest BCUT2D eigenvalue weighted by atomic mass is 9.68. The van der Waals surface area contributed by atoms with Crippen LogP contribution in [0.2, 0.25) is 0 Å². The first kappa shape index (κ1) is 12.9. The van der Waals surface area contributed by atoms with Crippen LogP contribution in [0, 0.1) is 0 Å². The summed E-state index contributed by atoms with van der Waals surface area (Å²) in [6, 6.07) is 19.8. The van der Waals surface area contributed by atoms with Gasteiger partial charge in [0.15, 0.2) is 0 Å². The van der Waals surface area contributed by atoms with Crippen LogP contribution in [0.4, 0.5) is 0 Å². The van der Waals surface area contributed by atoms with E-state index in [0.717, 1.165) is 11.1 Å². The van der Waals surface area contributed by atoms with E-state index in [4.69, 9.17) is 0 Å². The molecule has 0 spiro atoms. The Morgan fingerprint density at radius 1 is 0.950 bits per heavy atom. The van der Waals surface area contributed by atoms with E-state index >= 15 is 0 Å². The van der Waals surface area contributed by atoms with Crippen molar-refractivity contribution in [1.82, 2.24) is 5.32 Å². The molecule has 1 fully saturated rings. The maximum Gasteiger partial charge on any atom is 0.222 e. The Labute approximate surface area is 118 Å². The van der Waals surface area contributed by atoms with Gasteiger partial charge in [0.1, 0.15) is 6.23 Å². The van der Waals surface area contributed by atoms with Gasteiger partial charge in [0.2, 0.25) is 5.91 Å². The van der Waals surface area contributed by atoms with E-state index in [-0.39, 0.29) is 5.91 Å². The molecule has 0 radical (unpaired) electrons. The molecular formula is C17H17NO2. The van der Waals surface area contributed by atoms with E-state index < -0.39 is 11.6 Å². The van der Waals surface area contributed by atoms with Crippen LogP contribution in [0.25, 0.3) is 0 Å². The van der Waals surface area contributed by atoms with Gasteiger partial charge >= 0.3 is 0 Å². The van der Waals surface area contributed by atoms with Gasteiger partial charge in [-0.15, -0.1) is 0 Å². The van der Waals surface area contributed by atoms with Gasteiger partial charge in [-0.1, -0.05) is 60.7 Å². The van der Waals surface area contributed by atoms with Crippen molar-refractivity contribution in [3.8, 4) is 0 Å². The van der Waals surface area contributed by atoms with Crippen molar-refractivity contribution in [2.75, 3.05) is 0 Å². The van der Waals surface area contributed by atoms with E-state index in [1.807, 2.05) is 60.7 Å². The van der Waals surface area contributed by atoms with E-state index in [1.54, 1.807) is 0 Å². The van der Waals surface area contributed by atoms with Crippen molar-refractivity contribution in [3.05, 3.63) is 71.8 Å². The predicted octanol–water partition coefficient (Wildman–Crippen LogP) is 2.20. The SMILES string of the molecule is O=C1CCC(c2ccccc2)(c2ccccc2)C(O)N1. The number of amides is 1. The van der Waals surface area contributed by atoms with Crippen LogP contribution in [0.15, 0.2) is 60.7 Å². The molecule has 1 saturated heterocycles. The third-order valence-electron chi connectivity index (χ3n) is 4.09. The normalized spacial score (nSPS) is 21.2. The Morgan fingerprint density at radius 2 is 1.45 bits per heavy atom. The van der Waals surface area contributed by atoms with Crippen molar-refractivity contribution < 1.29 is 9.90 Å². The number of piperidine rings is 1. The molecule has 3 nitrogen and oxygen atoms in total. The number of benzene rings is 2. The Balaban J connectivity index is 2.16. The summed E-state index contributed by atoms with van der Waals surface area (Å²) in [5, 5.41) is 13.2. The second-order valence-electron chi connectivity index (χ2n) is 5.17. The van der Waals surface area contributed by atoms with Crippen LogP contribution in [-0.2, 0) is 10.2 Å². The summed E-state index contributed by atoms with van der Waals surface area (Å²) in [4.78, 5) is 11.6. The molecule has 2 aromatic carbocycles. The maximum absolute atomic E-state index is 11.6. The Bertz CT molecular complexity index is 555. The highest BCUT2D eigenvalue weighted by molar-refractivity contribution is 5.78. The number of rotatable bonds is 2. The van der Waals surface area contributed by atoms with Crippen molar-refractivity contribution in [1.29, 1.82) is 0 Å². The minimum absolute atomic E-state index is 0.0972. The molecule has 0 saturated carbocycles. The highest BCUT2D eigenvalue weighted by Crippen LogP contribution is 2.41. The number of hydrogen-bond donors (Lipinski definition) is 2. The third-order valence-corrected chi connectivity index (χ3v) is 4.09. The van der Waals surface area contributed by atoms with Gasteiger partial charge < -0.3 is 10.4 Å². The molecule has 20 heavy (non-hydrogen) atoms. The number of carbonyl (C=O) groups excluding carboxylic acids is 1. The van der Waals surface area contributed by atoms with Crippen LogP contribution in [0.3, 0.4) is 0 Å². The van der Waals surface area contributed by atoms with E-state index in [1.165, 1.54) is 0 Å². The lowest BCUT2D eigenvalue weighted by Gasteiger charge is -2.42. The fourth-order valence-electron chi connectivity index (χ4n) is 3.04. The molecule has 102 valence electrons. The van der Waals surface area contributed by atoms with Gasteiger partial charge in [-0.2, -0.15) is 0 Å². The lowest BCUT2D eigenvalue weighted by Crippen LogP contribution is -2.55. The average Bonchev–Trinajstić information content (AvgIpc) is 2.50. The van der Waals surface area contributed by atoms with Gasteiger partial charge in [0.25, 0.3) is 0 Å². The Morgan fingerprint density at radius 3 is 1.90 bits per heavy atom. The predicted molar refractivity (Wildman–Crippen MR) is 77.0 cm³/mol. The number of nitrogens with one attached hydrogen (secondary N) is 1. The average molecular weight is 267 g/mol. The first-order chi connectivity index (χ1) is 9.73. The molecule has 0 bridgehead atoms. The molecule has 0 aromatic heterocycles. The number of aliphatic hydroxyl groups excluding tert-OH is 1. The monoisotopic (exact) mass is 267 g/mol. The van der Waals surface area contributed by atoms with Crippen LogP contribution in [0.5, 0.6) is 0 Å². The zero-order chi connectivity index (χ0) is 14.0. The first-order valence-electron chi connectivity index (χ1n) is 6.82. The number of aliphatic hydroxyl groups is 1. The summed E-state index contributed by atoms with van der Waals surface area (Å²) in [7, 11) is 0. The van der Waals surface area contributed by atoms with Gasteiger partial charge in [-0.05, 0) is 17.5 Å². The summed E-state index contributed by atoms with van der Waals surface area (Å²) in [6.45, 7) is 0. The van der Waals surface area contributed by atoms with Crippen molar-refractivity contribution >= 4 is 5.91 Å². The first-order valence-corrected chi connectivity index (χ1v) is 6.82. The van der Waals surface area contributed by atoms with Crippen molar-refractivity contribution in [3.63, 3.8) is 0 Å². The molecule has 1 heterocycles. The molecule has 1 atom stereocenters. The fraction of sp³-hybridized carbons (Fsp3) is 0.235. The molecular weight excluding hydrogens is 250 g/mol. The summed E-state index contributed by atoms with van der Waals surface area (Å²) < 4.78 is 0. The summed E-state index contributed by atoms with van der Waals surface area (Å²) >= 11 is 0. The van der Waals surface area contributed by atoms with Crippen LogP contribution >= 0.6 is 0 Å². The largest absolute Gasteiger partial charge is 0.372 e. The smallest absolute Gasteiger partial charge is 0.222 e. The number of carbonyl (C=O) groups is 1. The van der Waals surface area contributed by atoms with Crippen LogP contribution in [-0.4, -0.2) is 17.2 Å². The molecule has 3 rings (SSSR count). The van der Waals surface area contributed by atoms with Crippen molar-refractivity contribution in [2.24, 2.45) is 0 Å². The number of hydrogen-bond acceptors (Lipinski definition) is 2. The van der Waals surface area contributed by atoms with Crippen LogP contribution < -0.4 is 5.32 Å². The standard InChI is InChI=1S/C17H17NO2/c19-15-11-12-17(16(20)18-15,13-7-3-1-4-8-13)14-9-5-2-6-10-14/h1-10,16,20H,11-12H2,(H,18,19). The molecule has 1 aliphatic heterocycles. The highest BCUT2D eigenvalue weighted by atomic mass is 16.3. The second kappa shape index (κ2) is 5.10. The van der Waals surface area contributed by atoms with Gasteiger partial charge in [0.05, 0.1) is 5.41 Å².